The van der Waals surface area contributed by atoms with E-state index in [1.807, 2.05) is 18.2 Å². The van der Waals surface area contributed by atoms with Crippen LogP contribution in [0.3, 0.4) is 0 Å². The van der Waals surface area contributed by atoms with Crippen LogP contribution in [-0.2, 0) is 11.3 Å². The van der Waals surface area contributed by atoms with Gasteiger partial charge in [0.1, 0.15) is 11.5 Å². The smallest absolute Gasteiger partial charge is 0.239 e. The summed E-state index contributed by atoms with van der Waals surface area (Å²) in [7, 11) is 1.69. The molecule has 0 saturated carbocycles. The van der Waals surface area contributed by atoms with E-state index >= 15 is 0 Å². The molecule has 0 radical (unpaired) electrons. The van der Waals surface area contributed by atoms with Gasteiger partial charge in [0, 0.05) is 13.6 Å². The van der Waals surface area contributed by atoms with E-state index in [-0.39, 0.29) is 42.5 Å². The zero-order chi connectivity index (χ0) is 18.9. The molecule has 3 N–H and O–H groups in total. The number of likely N-dealkylation sites (tertiary alicyclic amines) is 1. The number of nitrogens with one attached hydrogen (secondary N) is 3. The lowest BCUT2D eigenvalue weighted by Gasteiger charge is -2.26. The molecule has 28 heavy (non-hydrogen) atoms. The third-order valence-electron chi connectivity index (χ3n) is 4.60. The molecule has 1 unspecified atom stereocenters. The van der Waals surface area contributed by atoms with Crippen LogP contribution in [0.1, 0.15) is 30.4 Å². The van der Waals surface area contributed by atoms with Gasteiger partial charge in [0.15, 0.2) is 5.96 Å². The molecule has 1 aliphatic heterocycles. The first-order valence-electron chi connectivity index (χ1n) is 9.27. The SMILES string of the molecule is CN=C(NCC(=O)NCc1ccco1)NCC(c1ccco1)N1CCCC1.I. The van der Waals surface area contributed by atoms with Crippen LogP contribution in [0.5, 0.6) is 0 Å². The minimum absolute atomic E-state index is 0. The Kier molecular flexibility index (Phi) is 9.35. The molecule has 2 aromatic heterocycles. The van der Waals surface area contributed by atoms with Crippen LogP contribution in [0.15, 0.2) is 50.6 Å². The molecule has 1 atom stereocenters. The van der Waals surface area contributed by atoms with Crippen molar-refractivity contribution >= 4 is 35.8 Å². The number of hydrogen-bond acceptors (Lipinski definition) is 5. The van der Waals surface area contributed by atoms with Crippen molar-refractivity contribution < 1.29 is 13.6 Å². The fraction of sp³-hybridized carbons (Fsp3) is 0.474. The third kappa shape index (κ3) is 6.55. The van der Waals surface area contributed by atoms with Gasteiger partial charge in [-0.2, -0.15) is 0 Å². The Balaban J connectivity index is 0.00000280. The summed E-state index contributed by atoms with van der Waals surface area (Å²) in [6.07, 6.45) is 5.70. The number of hydrogen-bond donors (Lipinski definition) is 3. The molecule has 3 heterocycles. The third-order valence-corrected chi connectivity index (χ3v) is 4.60. The molecule has 2 aromatic rings. The monoisotopic (exact) mass is 501 g/mol. The lowest BCUT2D eigenvalue weighted by Crippen LogP contribution is -2.45. The standard InChI is InChI=1S/C19H27N5O3.HI/c1-20-19(23-14-18(25)21-12-15-6-4-10-26-15)22-13-16(17-7-5-11-27-17)24-8-2-3-9-24;/h4-7,10-11,16H,2-3,8-9,12-14H2,1H3,(H,21,25)(H2,20,22,23);1H. The fourth-order valence-corrected chi connectivity index (χ4v) is 3.18. The molecule has 1 aliphatic rings. The molecule has 154 valence electrons. The maximum Gasteiger partial charge on any atom is 0.239 e. The van der Waals surface area contributed by atoms with E-state index < -0.39 is 0 Å². The Morgan fingerprint density at radius 1 is 1.14 bits per heavy atom. The van der Waals surface area contributed by atoms with Crippen LogP contribution in [0.4, 0.5) is 0 Å². The maximum atomic E-state index is 12.0. The molecule has 3 rings (SSSR count). The highest BCUT2D eigenvalue weighted by Crippen LogP contribution is 2.24. The lowest BCUT2D eigenvalue weighted by molar-refractivity contribution is -0.120. The van der Waals surface area contributed by atoms with Crippen LogP contribution < -0.4 is 16.0 Å². The van der Waals surface area contributed by atoms with Gasteiger partial charge < -0.3 is 24.8 Å². The van der Waals surface area contributed by atoms with Gasteiger partial charge in [0.05, 0.1) is 31.7 Å². The molecule has 8 nitrogen and oxygen atoms in total. The quantitative estimate of drug-likeness (QED) is 0.292. The van der Waals surface area contributed by atoms with Gasteiger partial charge in [-0.15, -0.1) is 24.0 Å². The molecular weight excluding hydrogens is 473 g/mol. The number of rotatable bonds is 8. The number of carbonyl (C=O) groups is 1. The molecule has 0 aromatic carbocycles. The minimum atomic E-state index is -0.128. The van der Waals surface area contributed by atoms with Crippen LogP contribution in [0.25, 0.3) is 0 Å². The zero-order valence-corrected chi connectivity index (χ0v) is 18.3. The molecule has 0 bridgehead atoms. The molecule has 1 fully saturated rings. The van der Waals surface area contributed by atoms with E-state index in [1.165, 1.54) is 12.8 Å². The van der Waals surface area contributed by atoms with E-state index in [1.54, 1.807) is 25.6 Å². The zero-order valence-electron chi connectivity index (χ0n) is 16.0. The predicted molar refractivity (Wildman–Crippen MR) is 118 cm³/mol. The average Bonchev–Trinajstić information content (AvgIpc) is 3.45. The summed E-state index contributed by atoms with van der Waals surface area (Å²) in [5, 5.41) is 9.13. The number of nitrogens with zero attached hydrogens (tertiary/aromatic N) is 2. The highest BCUT2D eigenvalue weighted by molar-refractivity contribution is 14.0. The largest absolute Gasteiger partial charge is 0.468 e. The number of guanidine groups is 1. The van der Waals surface area contributed by atoms with Crippen LogP contribution >= 0.6 is 24.0 Å². The van der Waals surface area contributed by atoms with Gasteiger partial charge in [0.25, 0.3) is 0 Å². The number of carbonyl (C=O) groups excluding carboxylic acids is 1. The predicted octanol–water partition coefficient (Wildman–Crippen LogP) is 2.11. The molecule has 0 aliphatic carbocycles. The lowest BCUT2D eigenvalue weighted by atomic mass is 10.2. The van der Waals surface area contributed by atoms with E-state index in [0.717, 1.165) is 24.6 Å². The van der Waals surface area contributed by atoms with Crippen molar-refractivity contribution in [3.63, 3.8) is 0 Å². The van der Waals surface area contributed by atoms with Crippen molar-refractivity contribution in [2.45, 2.75) is 25.4 Å². The summed E-state index contributed by atoms with van der Waals surface area (Å²) in [5.74, 6) is 2.11. The van der Waals surface area contributed by atoms with E-state index in [2.05, 4.69) is 25.8 Å². The van der Waals surface area contributed by atoms with E-state index in [0.29, 0.717) is 19.0 Å². The highest BCUT2D eigenvalue weighted by Gasteiger charge is 2.25. The second kappa shape index (κ2) is 11.7. The molecule has 1 amide bonds. The molecular formula is C19H28IN5O3. The van der Waals surface area contributed by atoms with Crippen LogP contribution in [-0.4, -0.2) is 50.0 Å². The first-order chi connectivity index (χ1) is 13.3. The Morgan fingerprint density at radius 2 is 1.89 bits per heavy atom. The maximum absolute atomic E-state index is 12.0. The Labute approximate surface area is 182 Å². The van der Waals surface area contributed by atoms with E-state index in [4.69, 9.17) is 8.83 Å². The van der Waals surface area contributed by atoms with Gasteiger partial charge in [-0.1, -0.05) is 0 Å². The Morgan fingerprint density at radius 3 is 2.54 bits per heavy atom. The first kappa shape index (κ1) is 22.3. The average molecular weight is 501 g/mol. The number of aliphatic imine (C=N–C) groups is 1. The van der Waals surface area contributed by atoms with Crippen molar-refractivity contribution in [3.8, 4) is 0 Å². The van der Waals surface area contributed by atoms with Gasteiger partial charge in [-0.05, 0) is 50.2 Å². The van der Waals surface area contributed by atoms with Crippen molar-refractivity contribution in [2.75, 3.05) is 33.2 Å². The van der Waals surface area contributed by atoms with Gasteiger partial charge in [0.2, 0.25) is 5.91 Å². The van der Waals surface area contributed by atoms with Crippen LogP contribution in [0.2, 0.25) is 0 Å². The minimum Gasteiger partial charge on any atom is -0.468 e. The van der Waals surface area contributed by atoms with Gasteiger partial charge >= 0.3 is 0 Å². The van der Waals surface area contributed by atoms with Gasteiger partial charge in [-0.3, -0.25) is 14.7 Å². The highest BCUT2D eigenvalue weighted by atomic mass is 127. The summed E-state index contributed by atoms with van der Waals surface area (Å²) >= 11 is 0. The Hall–Kier alpha value is -2.01. The second-order valence-corrected chi connectivity index (χ2v) is 6.44. The van der Waals surface area contributed by atoms with Crippen LogP contribution in [0, 0.1) is 0 Å². The number of furan rings is 2. The van der Waals surface area contributed by atoms with E-state index in [9.17, 15) is 4.79 Å². The second-order valence-electron chi connectivity index (χ2n) is 6.44. The molecule has 9 heteroatoms. The summed E-state index contributed by atoms with van der Waals surface area (Å²) in [4.78, 5) is 18.6. The van der Waals surface area contributed by atoms with Crippen molar-refractivity contribution in [1.82, 2.24) is 20.9 Å². The topological polar surface area (TPSA) is 95.0 Å². The normalized spacial score (nSPS) is 15.7. The van der Waals surface area contributed by atoms with Crippen molar-refractivity contribution in [2.24, 2.45) is 4.99 Å². The summed E-state index contributed by atoms with van der Waals surface area (Å²) in [5.41, 5.74) is 0. The van der Waals surface area contributed by atoms with Crippen molar-refractivity contribution in [3.05, 3.63) is 48.3 Å². The molecule has 0 spiro atoms. The summed E-state index contributed by atoms with van der Waals surface area (Å²) in [6.45, 7) is 3.29. The Bertz CT molecular complexity index is 712. The van der Waals surface area contributed by atoms with Crippen molar-refractivity contribution in [1.29, 1.82) is 0 Å². The molecule has 1 saturated heterocycles. The fourth-order valence-electron chi connectivity index (χ4n) is 3.18. The summed E-state index contributed by atoms with van der Waals surface area (Å²) < 4.78 is 10.8. The first-order valence-corrected chi connectivity index (χ1v) is 9.27. The summed E-state index contributed by atoms with van der Waals surface area (Å²) in [6, 6.07) is 7.68. The number of amides is 1. The van der Waals surface area contributed by atoms with Gasteiger partial charge in [-0.25, -0.2) is 0 Å². The number of halogens is 1.